The van der Waals surface area contributed by atoms with Crippen molar-refractivity contribution in [2.75, 3.05) is 23.9 Å². The molecule has 1 aliphatic heterocycles. The number of benzene rings is 1. The van der Waals surface area contributed by atoms with Crippen LogP contribution in [0.5, 0.6) is 0 Å². The second-order valence-electron chi connectivity index (χ2n) is 9.27. The van der Waals surface area contributed by atoms with E-state index in [2.05, 4.69) is 20.3 Å². The number of nitrogens with zero attached hydrogens (tertiary/aromatic N) is 3. The van der Waals surface area contributed by atoms with Gasteiger partial charge in [0.1, 0.15) is 23.6 Å². The van der Waals surface area contributed by atoms with Crippen LogP contribution < -0.4 is 11.1 Å². The number of anilines is 1. The highest BCUT2D eigenvalue weighted by Gasteiger charge is 2.40. The van der Waals surface area contributed by atoms with Gasteiger partial charge in [-0.25, -0.2) is 32.2 Å². The molecule has 0 spiro atoms. The van der Waals surface area contributed by atoms with Gasteiger partial charge in [-0.05, 0) is 39.7 Å². The number of fused-ring (bicyclic) bond motifs is 1. The standard InChI is InChI=1S/C25H31F2N5O3S/c1-14(26)17-6-5-7-18(22(17)27)15(2)29-23-19-12-20(16(3)30-24(19)32-21(13-28)31-23)25(35-4)8-10-36(33,34)11-9-25/h5-7,12,14-15H,8-11,13,28H2,1-4H3,(H,29,30,31,32)/t14?,15-/m1/s1. The Morgan fingerprint density at radius 2 is 1.83 bits per heavy atom. The van der Waals surface area contributed by atoms with Gasteiger partial charge in [0, 0.05) is 29.5 Å². The van der Waals surface area contributed by atoms with E-state index >= 15 is 4.39 Å². The van der Waals surface area contributed by atoms with Gasteiger partial charge in [-0.2, -0.15) is 0 Å². The van der Waals surface area contributed by atoms with Crippen molar-refractivity contribution in [2.45, 2.75) is 58.0 Å². The van der Waals surface area contributed by atoms with Gasteiger partial charge in [0.25, 0.3) is 0 Å². The number of alkyl halides is 1. The van der Waals surface area contributed by atoms with Crippen LogP contribution in [0.2, 0.25) is 0 Å². The van der Waals surface area contributed by atoms with E-state index in [-0.39, 0.29) is 23.6 Å². The zero-order chi connectivity index (χ0) is 26.3. The van der Waals surface area contributed by atoms with E-state index in [1.165, 1.54) is 13.0 Å². The quantitative estimate of drug-likeness (QED) is 0.477. The van der Waals surface area contributed by atoms with Gasteiger partial charge in [-0.1, -0.05) is 18.2 Å². The lowest BCUT2D eigenvalue weighted by Crippen LogP contribution is -2.39. The molecule has 0 saturated carbocycles. The van der Waals surface area contributed by atoms with Gasteiger partial charge in [0.05, 0.1) is 35.1 Å². The molecule has 1 aromatic carbocycles. The van der Waals surface area contributed by atoms with Crippen molar-refractivity contribution in [1.29, 1.82) is 0 Å². The lowest BCUT2D eigenvalue weighted by atomic mass is 9.86. The van der Waals surface area contributed by atoms with E-state index < -0.39 is 33.5 Å². The highest BCUT2D eigenvalue weighted by Crippen LogP contribution is 2.40. The number of methoxy groups -OCH3 is 1. The normalized spacial score (nSPS) is 18.6. The number of hydrogen-bond donors (Lipinski definition) is 2. The molecule has 1 saturated heterocycles. The summed E-state index contributed by atoms with van der Waals surface area (Å²) < 4.78 is 59.0. The molecule has 0 radical (unpaired) electrons. The summed E-state index contributed by atoms with van der Waals surface area (Å²) in [6.07, 6.45) is -0.833. The first kappa shape index (κ1) is 26.3. The van der Waals surface area contributed by atoms with Gasteiger partial charge in [-0.3, -0.25) is 0 Å². The fourth-order valence-electron chi connectivity index (χ4n) is 4.80. The van der Waals surface area contributed by atoms with Gasteiger partial charge in [-0.15, -0.1) is 0 Å². The van der Waals surface area contributed by atoms with E-state index in [4.69, 9.17) is 10.5 Å². The Balaban J connectivity index is 1.81. The molecule has 2 atom stereocenters. The minimum Gasteiger partial charge on any atom is -0.373 e. The van der Waals surface area contributed by atoms with E-state index in [9.17, 15) is 12.8 Å². The van der Waals surface area contributed by atoms with Crippen molar-refractivity contribution in [2.24, 2.45) is 5.73 Å². The van der Waals surface area contributed by atoms with E-state index in [0.717, 1.165) is 5.56 Å². The lowest BCUT2D eigenvalue weighted by molar-refractivity contribution is -0.0239. The number of nitrogens with one attached hydrogen (secondary N) is 1. The lowest BCUT2D eigenvalue weighted by Gasteiger charge is -2.37. The molecule has 1 fully saturated rings. The van der Waals surface area contributed by atoms with Crippen LogP contribution in [-0.4, -0.2) is 42.0 Å². The molecular weight excluding hydrogens is 488 g/mol. The Hall–Kier alpha value is -2.76. The number of halogens is 2. The molecule has 3 aromatic rings. The maximum atomic E-state index is 15.0. The average Bonchev–Trinajstić information content (AvgIpc) is 2.84. The number of pyridine rings is 1. The molecule has 8 nitrogen and oxygen atoms in total. The first-order valence-electron chi connectivity index (χ1n) is 11.8. The van der Waals surface area contributed by atoms with Crippen LogP contribution >= 0.6 is 0 Å². The summed E-state index contributed by atoms with van der Waals surface area (Å²) in [5.41, 5.74) is 7.12. The smallest absolute Gasteiger partial charge is 0.165 e. The highest BCUT2D eigenvalue weighted by atomic mass is 32.2. The van der Waals surface area contributed by atoms with Crippen LogP contribution in [0.1, 0.15) is 67.1 Å². The maximum absolute atomic E-state index is 15.0. The van der Waals surface area contributed by atoms with Crippen LogP contribution in [0.15, 0.2) is 24.3 Å². The maximum Gasteiger partial charge on any atom is 0.165 e. The van der Waals surface area contributed by atoms with E-state index in [1.54, 1.807) is 26.2 Å². The molecule has 3 N–H and O–H groups in total. The first-order chi connectivity index (χ1) is 17.0. The molecular formula is C25H31F2N5O3S. The van der Waals surface area contributed by atoms with Gasteiger partial charge < -0.3 is 15.8 Å². The predicted molar refractivity (Wildman–Crippen MR) is 134 cm³/mol. The Morgan fingerprint density at radius 3 is 2.44 bits per heavy atom. The zero-order valence-electron chi connectivity index (χ0n) is 20.8. The number of rotatable bonds is 7. The fraction of sp³-hybridized carbons (Fsp3) is 0.480. The average molecular weight is 520 g/mol. The Kier molecular flexibility index (Phi) is 7.27. The van der Waals surface area contributed by atoms with Crippen molar-refractivity contribution in [1.82, 2.24) is 15.0 Å². The van der Waals surface area contributed by atoms with Gasteiger partial charge in [0.2, 0.25) is 0 Å². The third-order valence-electron chi connectivity index (χ3n) is 6.93. The topological polar surface area (TPSA) is 120 Å². The summed E-state index contributed by atoms with van der Waals surface area (Å²) in [6, 6.07) is 5.95. The molecule has 4 rings (SSSR count). The molecule has 2 aromatic heterocycles. The molecule has 3 heterocycles. The van der Waals surface area contributed by atoms with Gasteiger partial charge in [0.15, 0.2) is 15.5 Å². The Bertz CT molecular complexity index is 1380. The van der Waals surface area contributed by atoms with E-state index in [1.807, 2.05) is 13.0 Å². The van der Waals surface area contributed by atoms with E-state index in [0.29, 0.717) is 46.8 Å². The molecule has 0 bridgehead atoms. The Labute approximate surface area is 209 Å². The minimum atomic E-state index is -3.12. The number of aryl methyl sites for hydroxylation is 1. The molecule has 194 valence electrons. The molecule has 11 heteroatoms. The van der Waals surface area contributed by atoms with Crippen LogP contribution in [0.25, 0.3) is 11.0 Å². The summed E-state index contributed by atoms with van der Waals surface area (Å²) in [5, 5.41) is 3.80. The number of hydrogen-bond acceptors (Lipinski definition) is 8. The van der Waals surface area contributed by atoms with Crippen molar-refractivity contribution in [3.8, 4) is 0 Å². The third-order valence-corrected chi connectivity index (χ3v) is 8.58. The first-order valence-corrected chi connectivity index (χ1v) is 13.7. The largest absolute Gasteiger partial charge is 0.373 e. The number of sulfone groups is 1. The van der Waals surface area contributed by atoms with Crippen molar-refractivity contribution in [3.05, 3.63) is 58.3 Å². The summed E-state index contributed by atoms with van der Waals surface area (Å²) in [7, 11) is -1.55. The Morgan fingerprint density at radius 1 is 1.17 bits per heavy atom. The molecule has 1 aliphatic rings. The number of nitrogens with two attached hydrogens (primary N) is 1. The summed E-state index contributed by atoms with van der Waals surface area (Å²) in [6.45, 7) is 4.96. The summed E-state index contributed by atoms with van der Waals surface area (Å²) in [5.74, 6) is 0.182. The van der Waals surface area contributed by atoms with Crippen molar-refractivity contribution in [3.63, 3.8) is 0 Å². The zero-order valence-corrected chi connectivity index (χ0v) is 21.6. The van der Waals surface area contributed by atoms with Crippen molar-refractivity contribution >= 4 is 26.7 Å². The monoisotopic (exact) mass is 519 g/mol. The third kappa shape index (κ3) is 4.91. The second-order valence-corrected chi connectivity index (χ2v) is 11.6. The second kappa shape index (κ2) is 9.95. The fourth-order valence-corrected chi connectivity index (χ4v) is 6.28. The van der Waals surface area contributed by atoms with Crippen LogP contribution in [0.4, 0.5) is 14.6 Å². The minimum absolute atomic E-state index is 0.00907. The predicted octanol–water partition coefficient (Wildman–Crippen LogP) is 4.18. The van der Waals surface area contributed by atoms with Crippen molar-refractivity contribution < 1.29 is 21.9 Å². The molecule has 0 amide bonds. The number of ether oxygens (including phenoxy) is 1. The van der Waals surface area contributed by atoms with Gasteiger partial charge >= 0.3 is 0 Å². The highest BCUT2D eigenvalue weighted by molar-refractivity contribution is 7.91. The SMILES string of the molecule is COC1(c2cc3c(N[C@H](C)c4cccc(C(C)F)c4F)nc(CN)nc3nc2C)CCS(=O)(=O)CC1. The van der Waals surface area contributed by atoms with Crippen LogP contribution in [0, 0.1) is 12.7 Å². The summed E-state index contributed by atoms with van der Waals surface area (Å²) in [4.78, 5) is 13.7. The number of aromatic nitrogens is 3. The molecule has 1 unspecified atom stereocenters. The summed E-state index contributed by atoms with van der Waals surface area (Å²) >= 11 is 0. The van der Waals surface area contributed by atoms with Crippen LogP contribution in [-0.2, 0) is 26.7 Å². The molecule has 0 aliphatic carbocycles. The molecule has 36 heavy (non-hydrogen) atoms. The van der Waals surface area contributed by atoms with Crippen LogP contribution in [0.3, 0.4) is 0 Å².